The van der Waals surface area contributed by atoms with Crippen molar-refractivity contribution in [2.75, 3.05) is 11.5 Å². The van der Waals surface area contributed by atoms with Crippen LogP contribution in [-0.4, -0.2) is 94.2 Å². The number of hydrogen-bond acceptors (Lipinski definition) is 17. The molecular weight excluding hydrogens is 413 g/mol. The summed E-state index contributed by atoms with van der Waals surface area (Å²) < 4.78 is 0. The summed E-state index contributed by atoms with van der Waals surface area (Å²) in [4.78, 5) is 24.8. The molecule has 0 fully saturated rings. The minimum absolute atomic E-state index is 0. The fraction of sp³-hybridized carbons (Fsp3) is 0. The predicted octanol–water partition coefficient (Wildman–Crippen LogP) is -6.53. The second kappa shape index (κ2) is 24.8. The fourth-order valence-corrected chi connectivity index (χ4v) is 0.339. The van der Waals surface area contributed by atoms with Gasteiger partial charge in [0.1, 0.15) is 0 Å². The Bertz CT molecular complexity index is 475. The maximum atomic E-state index is 8.25. The van der Waals surface area contributed by atoms with Gasteiger partial charge in [0.15, 0.2) is 0 Å². The Balaban J connectivity index is -0.0000000706. The molecule has 0 aromatic carbocycles. The van der Waals surface area contributed by atoms with Gasteiger partial charge in [0.2, 0.25) is 0 Å². The van der Waals surface area contributed by atoms with Crippen molar-refractivity contribution in [3.63, 3.8) is 0 Å². The van der Waals surface area contributed by atoms with E-state index in [0.717, 1.165) is 0 Å². The van der Waals surface area contributed by atoms with Crippen molar-refractivity contribution in [3.05, 3.63) is 46.0 Å². The quantitative estimate of drug-likeness (QED) is 0.175. The van der Waals surface area contributed by atoms with Gasteiger partial charge in [-0.05, 0) is 10.4 Å². The van der Waals surface area contributed by atoms with Gasteiger partial charge in [-0.2, -0.15) is 10.4 Å². The van der Waals surface area contributed by atoms with Gasteiger partial charge in [-0.15, -0.1) is 10.2 Å². The Morgan fingerprint density at radius 1 is 0.692 bits per heavy atom. The molecule has 0 amide bonds. The van der Waals surface area contributed by atoms with E-state index in [1.165, 1.54) is 0 Å². The van der Waals surface area contributed by atoms with E-state index in [0.29, 0.717) is 0 Å². The molecule has 0 aliphatic heterocycles. The van der Waals surface area contributed by atoms with Crippen molar-refractivity contribution in [2.24, 2.45) is 0 Å². The topological polar surface area (TPSA) is 360 Å². The standard InChI is InChI=1S/2CH3N5.Ca.3NO3.Na/c2*2-1-3-5-6-4-1;;3*2-1(3)4;/h2*(H3,2,3,4,5,6);;;;;/q;;+2;3*-1;+1. The maximum absolute atomic E-state index is 8.25. The van der Waals surface area contributed by atoms with Crippen molar-refractivity contribution in [2.45, 2.75) is 0 Å². The summed E-state index contributed by atoms with van der Waals surface area (Å²) in [7, 11) is 0. The Hall–Kier alpha value is -2.40. The van der Waals surface area contributed by atoms with Crippen molar-refractivity contribution < 1.29 is 44.8 Å². The van der Waals surface area contributed by atoms with Gasteiger partial charge in [-0.25, -0.2) is 0 Å². The van der Waals surface area contributed by atoms with Crippen LogP contribution in [0.25, 0.3) is 0 Å². The molecule has 0 spiro atoms. The molecule has 22 nitrogen and oxygen atoms in total. The van der Waals surface area contributed by atoms with Gasteiger partial charge in [0.25, 0.3) is 11.9 Å². The SMILES string of the molecule is Nc1nn[nH]n1.Nc1nn[nH]n1.O=[N+]([O-])[O-].O=[N+]([O-])[O-].O=[N+]([O-])[O-].[Ca+2].[Na+]. The van der Waals surface area contributed by atoms with Crippen LogP contribution in [0, 0.1) is 46.0 Å². The Morgan fingerprint density at radius 2 is 0.885 bits per heavy atom. The van der Waals surface area contributed by atoms with E-state index in [4.69, 9.17) is 57.4 Å². The number of aromatic nitrogens is 8. The zero-order chi connectivity index (χ0) is 19.5. The molecule has 0 aliphatic carbocycles. The predicted molar refractivity (Wildman–Crippen MR) is 74.0 cm³/mol. The van der Waals surface area contributed by atoms with Crippen molar-refractivity contribution in [1.82, 2.24) is 41.2 Å². The second-order valence-corrected chi connectivity index (χ2v) is 2.21. The van der Waals surface area contributed by atoms with Crippen LogP contribution in [-0.2, 0) is 0 Å². The van der Waals surface area contributed by atoms with E-state index in [2.05, 4.69) is 41.2 Å². The average molecular weight is 419 g/mol. The van der Waals surface area contributed by atoms with E-state index < -0.39 is 15.3 Å². The Morgan fingerprint density at radius 3 is 0.923 bits per heavy atom. The summed E-state index contributed by atoms with van der Waals surface area (Å²) in [5, 5.41) is 68.3. The maximum Gasteiger partial charge on any atom is 2.00 e. The summed E-state index contributed by atoms with van der Waals surface area (Å²) in [6.07, 6.45) is 0. The number of nitrogens with two attached hydrogens (primary N) is 2. The third kappa shape index (κ3) is 68.1. The number of nitrogens with one attached hydrogen (secondary N) is 2. The van der Waals surface area contributed by atoms with E-state index in [-0.39, 0.29) is 79.2 Å². The molecule has 0 unspecified atom stereocenters. The molecule has 2 aromatic heterocycles. The molecule has 6 N–H and O–H groups in total. The van der Waals surface area contributed by atoms with Crippen molar-refractivity contribution in [3.8, 4) is 0 Å². The molecule has 26 heavy (non-hydrogen) atoms. The monoisotopic (exact) mass is 419 g/mol. The van der Waals surface area contributed by atoms with Crippen LogP contribution in [0.3, 0.4) is 0 Å². The number of H-pyrrole nitrogens is 2. The van der Waals surface area contributed by atoms with E-state index >= 15 is 0 Å². The number of nitrogens with zero attached hydrogens (tertiary/aromatic N) is 9. The number of nitrogen functional groups attached to an aromatic ring is 2. The average Bonchev–Trinajstić information content (AvgIpc) is 3.01. The summed E-state index contributed by atoms with van der Waals surface area (Å²) >= 11 is 0. The number of anilines is 2. The first-order valence-corrected chi connectivity index (χ1v) is 4.41. The number of rotatable bonds is 0. The van der Waals surface area contributed by atoms with Crippen LogP contribution in [0.1, 0.15) is 0 Å². The van der Waals surface area contributed by atoms with Crippen LogP contribution in [0.15, 0.2) is 0 Å². The Kier molecular flexibility index (Phi) is 33.3. The van der Waals surface area contributed by atoms with Crippen LogP contribution >= 0.6 is 0 Å². The molecule has 24 heteroatoms. The van der Waals surface area contributed by atoms with Gasteiger partial charge in [-0.3, -0.25) is 0 Å². The van der Waals surface area contributed by atoms with Gasteiger partial charge < -0.3 is 57.4 Å². The Labute approximate surface area is 191 Å². The summed E-state index contributed by atoms with van der Waals surface area (Å²) in [6.45, 7) is 0. The molecule has 136 valence electrons. The smallest absolute Gasteiger partial charge is 0.365 e. The minimum Gasteiger partial charge on any atom is -0.365 e. The van der Waals surface area contributed by atoms with Gasteiger partial charge in [0, 0.05) is 0 Å². The number of hydrogen-bond donors (Lipinski definition) is 4. The fourth-order valence-electron chi connectivity index (χ4n) is 0.339. The normalized spacial score (nSPS) is 6.77. The third-order valence-corrected chi connectivity index (χ3v) is 0.723. The molecule has 2 aromatic rings. The largest absolute Gasteiger partial charge is 2.00 e. The van der Waals surface area contributed by atoms with Crippen LogP contribution in [0.2, 0.25) is 0 Å². The zero-order valence-corrected chi connectivity index (χ0v) is 16.8. The zero-order valence-electron chi connectivity index (χ0n) is 12.6. The van der Waals surface area contributed by atoms with E-state index in [1.54, 1.807) is 0 Å². The first-order chi connectivity index (χ1) is 11.0. The molecular formula is C2H6CaN13NaO9. The molecule has 0 saturated carbocycles. The first kappa shape index (κ1) is 34.8. The van der Waals surface area contributed by atoms with Crippen LogP contribution < -0.4 is 41.0 Å². The molecule has 2 heterocycles. The van der Waals surface area contributed by atoms with Crippen LogP contribution in [0.4, 0.5) is 11.9 Å². The summed E-state index contributed by atoms with van der Waals surface area (Å²) in [5.74, 6) is 0.352. The van der Waals surface area contributed by atoms with Gasteiger partial charge in [-0.1, -0.05) is 10.2 Å². The minimum atomic E-state index is -1.75. The number of tetrazole rings is 2. The molecule has 2 rings (SSSR count). The molecule has 0 bridgehead atoms. The van der Waals surface area contributed by atoms with Crippen molar-refractivity contribution >= 4 is 49.6 Å². The molecule has 0 aliphatic rings. The van der Waals surface area contributed by atoms with Crippen molar-refractivity contribution in [1.29, 1.82) is 0 Å². The second-order valence-electron chi connectivity index (χ2n) is 2.21. The molecule has 0 radical (unpaired) electrons. The number of aromatic amines is 2. The first-order valence-electron chi connectivity index (χ1n) is 4.41. The van der Waals surface area contributed by atoms with E-state index in [9.17, 15) is 0 Å². The van der Waals surface area contributed by atoms with Gasteiger partial charge in [0.05, 0.1) is 15.3 Å². The van der Waals surface area contributed by atoms with Crippen LogP contribution in [0.5, 0.6) is 0 Å². The molecule has 0 saturated heterocycles. The molecule has 0 atom stereocenters. The van der Waals surface area contributed by atoms with E-state index in [1.807, 2.05) is 0 Å². The summed E-state index contributed by atoms with van der Waals surface area (Å²) in [5.41, 5.74) is 9.92. The third-order valence-electron chi connectivity index (χ3n) is 0.723. The van der Waals surface area contributed by atoms with Gasteiger partial charge >= 0.3 is 67.3 Å². The summed E-state index contributed by atoms with van der Waals surface area (Å²) in [6, 6.07) is 0.